The molecule has 0 amide bonds. The van der Waals surface area contributed by atoms with Crippen molar-refractivity contribution in [3.05, 3.63) is 24.0 Å². The van der Waals surface area contributed by atoms with E-state index in [9.17, 15) is 0 Å². The first kappa shape index (κ1) is 16.3. The molecule has 23 heavy (non-hydrogen) atoms. The van der Waals surface area contributed by atoms with E-state index in [0.717, 1.165) is 31.1 Å². The van der Waals surface area contributed by atoms with Gasteiger partial charge in [-0.2, -0.15) is 0 Å². The first-order valence-corrected chi connectivity index (χ1v) is 9.37. The number of rotatable bonds is 6. The molecule has 0 radical (unpaired) electrons. The fourth-order valence-electron chi connectivity index (χ4n) is 3.81. The second-order valence-electron chi connectivity index (χ2n) is 6.80. The quantitative estimate of drug-likeness (QED) is 0.782. The minimum atomic E-state index is 0.638. The molecule has 4 heteroatoms. The van der Waals surface area contributed by atoms with Gasteiger partial charge in [0.05, 0.1) is 0 Å². The summed E-state index contributed by atoms with van der Waals surface area (Å²) in [5.74, 6) is 2.05. The molecule has 126 valence electrons. The first-order valence-electron chi connectivity index (χ1n) is 9.37. The number of hydrogen-bond donors (Lipinski definition) is 1. The van der Waals surface area contributed by atoms with E-state index in [1.807, 2.05) is 0 Å². The van der Waals surface area contributed by atoms with Crippen molar-refractivity contribution in [3.63, 3.8) is 0 Å². The number of nitrogens with one attached hydrogen (secondary N) is 1. The Morgan fingerprint density at radius 1 is 1.22 bits per heavy atom. The Hall–Kier alpha value is -1.58. The summed E-state index contributed by atoms with van der Waals surface area (Å²) in [6.07, 6.45) is 15.6. The van der Waals surface area contributed by atoms with Crippen molar-refractivity contribution < 1.29 is 0 Å². The van der Waals surface area contributed by atoms with Gasteiger partial charge in [0.1, 0.15) is 18.0 Å². The number of allylic oxidation sites excluding steroid dienone is 1. The maximum absolute atomic E-state index is 4.52. The van der Waals surface area contributed by atoms with Gasteiger partial charge in [-0.05, 0) is 57.8 Å². The molecule has 1 aliphatic carbocycles. The molecule has 0 bridgehead atoms. The molecule has 1 aromatic heterocycles. The Morgan fingerprint density at radius 2 is 2.17 bits per heavy atom. The smallest absolute Gasteiger partial charge is 0.134 e. The molecule has 1 fully saturated rings. The lowest BCUT2D eigenvalue weighted by molar-refractivity contribution is 0.446. The van der Waals surface area contributed by atoms with Crippen LogP contribution in [0.1, 0.15) is 64.7 Å². The molecule has 4 nitrogen and oxygen atoms in total. The number of anilines is 2. The molecule has 2 heterocycles. The van der Waals surface area contributed by atoms with Crippen LogP contribution in [0.25, 0.3) is 0 Å². The molecule has 1 unspecified atom stereocenters. The van der Waals surface area contributed by atoms with E-state index in [1.54, 1.807) is 11.9 Å². The van der Waals surface area contributed by atoms with Crippen molar-refractivity contribution in [2.45, 2.75) is 70.8 Å². The number of nitrogens with zero attached hydrogens (tertiary/aromatic N) is 3. The van der Waals surface area contributed by atoms with E-state index in [2.05, 4.69) is 39.3 Å². The Balaban J connectivity index is 1.57. The second-order valence-corrected chi connectivity index (χ2v) is 6.80. The van der Waals surface area contributed by atoms with E-state index >= 15 is 0 Å². The van der Waals surface area contributed by atoms with Crippen LogP contribution in [0.3, 0.4) is 0 Å². The van der Waals surface area contributed by atoms with Crippen molar-refractivity contribution in [1.29, 1.82) is 0 Å². The van der Waals surface area contributed by atoms with Gasteiger partial charge in [-0.1, -0.05) is 18.6 Å². The molecule has 0 saturated carbocycles. The third-order valence-electron chi connectivity index (χ3n) is 5.18. The lowest BCUT2D eigenvalue weighted by Crippen LogP contribution is -2.39. The van der Waals surface area contributed by atoms with Crippen molar-refractivity contribution in [2.24, 2.45) is 0 Å². The predicted octanol–water partition coefficient (Wildman–Crippen LogP) is 4.55. The number of piperidine rings is 1. The predicted molar refractivity (Wildman–Crippen MR) is 97.0 cm³/mol. The highest BCUT2D eigenvalue weighted by atomic mass is 15.2. The van der Waals surface area contributed by atoms with Crippen LogP contribution in [0.4, 0.5) is 11.6 Å². The first-order chi connectivity index (χ1) is 11.4. The average molecular weight is 314 g/mol. The highest BCUT2D eigenvalue weighted by Crippen LogP contribution is 2.26. The zero-order valence-corrected chi connectivity index (χ0v) is 14.4. The third-order valence-corrected chi connectivity index (χ3v) is 5.18. The Bertz CT molecular complexity index is 526. The van der Waals surface area contributed by atoms with Crippen LogP contribution in [-0.4, -0.2) is 29.1 Å². The van der Waals surface area contributed by atoms with E-state index < -0.39 is 0 Å². The molecule has 1 aromatic rings. The summed E-state index contributed by atoms with van der Waals surface area (Å²) >= 11 is 0. The van der Waals surface area contributed by atoms with Gasteiger partial charge in [0.25, 0.3) is 0 Å². The summed E-state index contributed by atoms with van der Waals surface area (Å²) in [5, 5.41) is 3.49. The minimum absolute atomic E-state index is 0.638. The maximum atomic E-state index is 4.52. The van der Waals surface area contributed by atoms with Crippen LogP contribution in [0, 0.1) is 0 Å². The Kier molecular flexibility index (Phi) is 5.89. The third kappa shape index (κ3) is 4.46. The van der Waals surface area contributed by atoms with Gasteiger partial charge in [0.2, 0.25) is 0 Å². The van der Waals surface area contributed by atoms with Gasteiger partial charge < -0.3 is 10.2 Å². The monoisotopic (exact) mass is 314 g/mol. The topological polar surface area (TPSA) is 41.0 Å². The average Bonchev–Trinajstić information content (AvgIpc) is 2.63. The van der Waals surface area contributed by atoms with Gasteiger partial charge in [0.15, 0.2) is 0 Å². The van der Waals surface area contributed by atoms with Gasteiger partial charge in [-0.25, -0.2) is 9.97 Å². The molecule has 1 N–H and O–H groups in total. The summed E-state index contributed by atoms with van der Waals surface area (Å²) in [7, 11) is 0. The molecule has 0 aromatic carbocycles. The SMILES string of the molecule is CCC1CCCCN1c1cc(NCCC2=CCCCC2)ncn1. The highest BCUT2D eigenvalue weighted by Gasteiger charge is 2.22. The Labute approximate surface area is 140 Å². The largest absolute Gasteiger partial charge is 0.370 e. The zero-order valence-electron chi connectivity index (χ0n) is 14.4. The lowest BCUT2D eigenvalue weighted by Gasteiger charge is -2.36. The standard InChI is InChI=1S/C19H30N4/c1-2-17-10-6-7-13-23(17)19-14-18(21-15-22-19)20-12-11-16-8-4-3-5-9-16/h8,14-15,17H,2-7,9-13H2,1H3,(H,20,21,22). The van der Waals surface area contributed by atoms with Crippen LogP contribution in [0.15, 0.2) is 24.0 Å². The van der Waals surface area contributed by atoms with Gasteiger partial charge in [0, 0.05) is 25.2 Å². The minimum Gasteiger partial charge on any atom is -0.370 e. The summed E-state index contributed by atoms with van der Waals surface area (Å²) in [6.45, 7) is 4.38. The fraction of sp³-hybridized carbons (Fsp3) is 0.684. The van der Waals surface area contributed by atoms with Crippen LogP contribution >= 0.6 is 0 Å². The van der Waals surface area contributed by atoms with Crippen molar-refractivity contribution in [2.75, 3.05) is 23.3 Å². The molecule has 2 aliphatic rings. The molecule has 1 saturated heterocycles. The van der Waals surface area contributed by atoms with Crippen molar-refractivity contribution in [1.82, 2.24) is 9.97 Å². The van der Waals surface area contributed by atoms with E-state index in [4.69, 9.17) is 0 Å². The molecule has 1 aliphatic heterocycles. The number of aromatic nitrogens is 2. The molecular weight excluding hydrogens is 284 g/mol. The van der Waals surface area contributed by atoms with Gasteiger partial charge in [-0.3, -0.25) is 0 Å². The summed E-state index contributed by atoms with van der Waals surface area (Å²) in [4.78, 5) is 11.4. The van der Waals surface area contributed by atoms with Gasteiger partial charge >= 0.3 is 0 Å². The van der Waals surface area contributed by atoms with Crippen LogP contribution in [-0.2, 0) is 0 Å². The lowest BCUT2D eigenvalue weighted by atomic mass is 9.97. The van der Waals surface area contributed by atoms with E-state index in [1.165, 1.54) is 51.4 Å². The molecule has 3 rings (SSSR count). The van der Waals surface area contributed by atoms with Crippen LogP contribution in [0.2, 0.25) is 0 Å². The summed E-state index contributed by atoms with van der Waals surface area (Å²) in [5.41, 5.74) is 1.61. The van der Waals surface area contributed by atoms with E-state index in [-0.39, 0.29) is 0 Å². The Morgan fingerprint density at radius 3 is 3.00 bits per heavy atom. The fourth-order valence-corrected chi connectivity index (χ4v) is 3.81. The van der Waals surface area contributed by atoms with Crippen LogP contribution < -0.4 is 10.2 Å². The summed E-state index contributed by atoms with van der Waals surface area (Å²) < 4.78 is 0. The van der Waals surface area contributed by atoms with Crippen molar-refractivity contribution >= 4 is 11.6 Å². The van der Waals surface area contributed by atoms with Crippen molar-refractivity contribution in [3.8, 4) is 0 Å². The van der Waals surface area contributed by atoms with E-state index in [0.29, 0.717) is 6.04 Å². The summed E-state index contributed by atoms with van der Waals surface area (Å²) in [6, 6.07) is 2.77. The normalized spacial score (nSPS) is 21.9. The molecular formula is C19H30N4. The van der Waals surface area contributed by atoms with Crippen LogP contribution in [0.5, 0.6) is 0 Å². The second kappa shape index (κ2) is 8.32. The number of hydrogen-bond acceptors (Lipinski definition) is 4. The zero-order chi connectivity index (χ0) is 15.9. The molecule has 1 atom stereocenters. The molecule has 0 spiro atoms. The van der Waals surface area contributed by atoms with Gasteiger partial charge in [-0.15, -0.1) is 0 Å². The maximum Gasteiger partial charge on any atom is 0.134 e. The highest BCUT2D eigenvalue weighted by molar-refractivity contribution is 5.49.